The molecule has 0 aliphatic carbocycles. The Bertz CT molecular complexity index is 834. The zero-order chi connectivity index (χ0) is 16.5. The molecule has 1 aliphatic rings. The third kappa shape index (κ3) is 2.82. The second-order valence-electron chi connectivity index (χ2n) is 6.30. The van der Waals surface area contributed by atoms with E-state index < -0.39 is 0 Å². The lowest BCUT2D eigenvalue weighted by Gasteiger charge is -2.27. The van der Waals surface area contributed by atoms with Crippen molar-refractivity contribution in [1.82, 2.24) is 34.7 Å². The number of hydrogen-bond donors (Lipinski definition) is 0. The van der Waals surface area contributed by atoms with Gasteiger partial charge < -0.3 is 4.57 Å². The van der Waals surface area contributed by atoms with Crippen LogP contribution >= 0.6 is 0 Å². The molecular formula is C17H21N7. The molecule has 7 nitrogen and oxygen atoms in total. The Kier molecular flexibility index (Phi) is 3.86. The summed E-state index contributed by atoms with van der Waals surface area (Å²) in [4.78, 5) is 7.04. The molecular weight excluding hydrogens is 302 g/mol. The van der Waals surface area contributed by atoms with Crippen molar-refractivity contribution in [3.05, 3.63) is 58.9 Å². The minimum Gasteiger partial charge on any atom is -0.330 e. The van der Waals surface area contributed by atoms with Crippen LogP contribution in [0.2, 0.25) is 0 Å². The summed E-state index contributed by atoms with van der Waals surface area (Å²) in [6, 6.07) is 10.3. The first-order valence-electron chi connectivity index (χ1n) is 8.24. The number of fused-ring (bicyclic) bond motifs is 1. The normalized spacial score (nSPS) is 14.8. The van der Waals surface area contributed by atoms with Crippen LogP contribution in [-0.2, 0) is 26.2 Å². The molecule has 0 saturated heterocycles. The fraction of sp³-hybridized carbons (Fsp3) is 0.412. The van der Waals surface area contributed by atoms with Gasteiger partial charge >= 0.3 is 0 Å². The average Bonchev–Trinajstić information content (AvgIpc) is 3.13. The van der Waals surface area contributed by atoms with Crippen LogP contribution < -0.4 is 0 Å². The molecule has 0 fully saturated rings. The molecule has 0 spiro atoms. The Morgan fingerprint density at radius 2 is 1.88 bits per heavy atom. The molecule has 3 heterocycles. The third-order valence-electron chi connectivity index (χ3n) is 4.69. The monoisotopic (exact) mass is 323 g/mol. The van der Waals surface area contributed by atoms with Crippen LogP contribution in [0.25, 0.3) is 0 Å². The van der Waals surface area contributed by atoms with E-state index in [1.54, 1.807) is 0 Å². The molecule has 0 unspecified atom stereocenters. The van der Waals surface area contributed by atoms with E-state index in [9.17, 15) is 0 Å². The van der Waals surface area contributed by atoms with Crippen molar-refractivity contribution < 1.29 is 0 Å². The Balaban J connectivity index is 1.48. The van der Waals surface area contributed by atoms with Crippen LogP contribution in [0, 0.1) is 13.8 Å². The van der Waals surface area contributed by atoms with Crippen LogP contribution in [0.1, 0.15) is 28.6 Å². The zero-order valence-electron chi connectivity index (χ0n) is 14.1. The van der Waals surface area contributed by atoms with Gasteiger partial charge in [0, 0.05) is 18.8 Å². The van der Waals surface area contributed by atoms with Crippen molar-refractivity contribution in [2.45, 2.75) is 40.0 Å². The summed E-state index contributed by atoms with van der Waals surface area (Å²) in [7, 11) is 0. The van der Waals surface area contributed by atoms with E-state index in [1.165, 1.54) is 11.3 Å². The summed E-state index contributed by atoms with van der Waals surface area (Å²) in [5.74, 6) is 2.03. The molecule has 0 radical (unpaired) electrons. The predicted octanol–water partition coefficient (Wildman–Crippen LogP) is 1.55. The molecule has 3 aromatic rings. The minimum atomic E-state index is 0.698. The Labute approximate surface area is 140 Å². The molecule has 7 heteroatoms. The molecule has 0 saturated carbocycles. The van der Waals surface area contributed by atoms with Gasteiger partial charge in [0.2, 0.25) is 0 Å². The quantitative estimate of drug-likeness (QED) is 0.729. The average molecular weight is 323 g/mol. The van der Waals surface area contributed by atoms with Crippen LogP contribution in [0.4, 0.5) is 0 Å². The Hall–Kier alpha value is -2.54. The van der Waals surface area contributed by atoms with Gasteiger partial charge in [0.1, 0.15) is 5.82 Å². The molecule has 0 amide bonds. The molecule has 0 atom stereocenters. The van der Waals surface area contributed by atoms with E-state index in [4.69, 9.17) is 0 Å². The number of tetrazole rings is 1. The fourth-order valence-corrected chi connectivity index (χ4v) is 3.21. The standard InChI is InChI=1S/C17H21N7/c1-13-14(2)23-9-8-22(11-16(23)18-13)12-17-19-20-21-24(17)10-15-6-4-3-5-7-15/h3-7H,8-12H2,1-2H3. The molecule has 2 aromatic heterocycles. The zero-order valence-corrected chi connectivity index (χ0v) is 14.1. The van der Waals surface area contributed by atoms with E-state index in [0.717, 1.165) is 43.5 Å². The van der Waals surface area contributed by atoms with Gasteiger partial charge in [-0.2, -0.15) is 0 Å². The van der Waals surface area contributed by atoms with E-state index in [0.29, 0.717) is 6.54 Å². The van der Waals surface area contributed by atoms with Gasteiger partial charge in [0.25, 0.3) is 0 Å². The summed E-state index contributed by atoms with van der Waals surface area (Å²) < 4.78 is 4.20. The molecule has 1 aromatic carbocycles. The SMILES string of the molecule is Cc1nc2n(c1C)CCN(Cc1nnnn1Cc1ccccc1)C2. The number of nitrogens with zero attached hydrogens (tertiary/aromatic N) is 7. The summed E-state index contributed by atoms with van der Waals surface area (Å²) in [5.41, 5.74) is 3.60. The highest BCUT2D eigenvalue weighted by Crippen LogP contribution is 2.18. The van der Waals surface area contributed by atoms with Crippen molar-refractivity contribution in [3.63, 3.8) is 0 Å². The van der Waals surface area contributed by atoms with Gasteiger partial charge in [0.15, 0.2) is 5.82 Å². The van der Waals surface area contributed by atoms with E-state index in [1.807, 2.05) is 22.9 Å². The maximum Gasteiger partial charge on any atom is 0.165 e. The van der Waals surface area contributed by atoms with Gasteiger partial charge in [-0.15, -0.1) is 5.10 Å². The lowest BCUT2D eigenvalue weighted by atomic mass is 10.2. The lowest BCUT2D eigenvalue weighted by Crippen LogP contribution is -2.34. The van der Waals surface area contributed by atoms with Crippen LogP contribution in [0.5, 0.6) is 0 Å². The maximum atomic E-state index is 4.68. The van der Waals surface area contributed by atoms with Crippen LogP contribution in [0.3, 0.4) is 0 Å². The van der Waals surface area contributed by atoms with Crippen LogP contribution in [0.15, 0.2) is 30.3 Å². The first kappa shape index (κ1) is 15.0. The van der Waals surface area contributed by atoms with Gasteiger partial charge in [-0.25, -0.2) is 9.67 Å². The van der Waals surface area contributed by atoms with Gasteiger partial charge in [0.05, 0.1) is 25.3 Å². The number of aromatic nitrogens is 6. The summed E-state index contributed by atoms with van der Waals surface area (Å²) in [6.45, 7) is 8.46. The fourth-order valence-electron chi connectivity index (χ4n) is 3.21. The van der Waals surface area contributed by atoms with Crippen LogP contribution in [-0.4, -0.2) is 41.2 Å². The number of aryl methyl sites for hydroxylation is 1. The van der Waals surface area contributed by atoms with Gasteiger partial charge in [-0.05, 0) is 29.8 Å². The van der Waals surface area contributed by atoms with Crippen molar-refractivity contribution in [2.24, 2.45) is 0 Å². The largest absolute Gasteiger partial charge is 0.330 e. The van der Waals surface area contributed by atoms with E-state index in [2.05, 4.69) is 56.0 Å². The van der Waals surface area contributed by atoms with Gasteiger partial charge in [-0.1, -0.05) is 30.3 Å². The molecule has 124 valence electrons. The molecule has 1 aliphatic heterocycles. The third-order valence-corrected chi connectivity index (χ3v) is 4.69. The first-order valence-corrected chi connectivity index (χ1v) is 8.24. The summed E-state index contributed by atoms with van der Waals surface area (Å²) in [5, 5.41) is 12.2. The predicted molar refractivity (Wildman–Crippen MR) is 89.2 cm³/mol. The lowest BCUT2D eigenvalue weighted by molar-refractivity contribution is 0.200. The van der Waals surface area contributed by atoms with E-state index >= 15 is 0 Å². The first-order chi connectivity index (χ1) is 11.7. The van der Waals surface area contributed by atoms with E-state index in [-0.39, 0.29) is 0 Å². The molecule has 4 rings (SSSR count). The number of rotatable bonds is 4. The van der Waals surface area contributed by atoms with Gasteiger partial charge in [-0.3, -0.25) is 4.90 Å². The summed E-state index contributed by atoms with van der Waals surface area (Å²) >= 11 is 0. The maximum absolute atomic E-state index is 4.68. The highest BCUT2D eigenvalue weighted by molar-refractivity contribution is 5.16. The second kappa shape index (κ2) is 6.16. The number of imidazole rings is 1. The Morgan fingerprint density at radius 3 is 2.71 bits per heavy atom. The van der Waals surface area contributed by atoms with Crippen molar-refractivity contribution in [3.8, 4) is 0 Å². The highest BCUT2D eigenvalue weighted by Gasteiger charge is 2.22. The smallest absolute Gasteiger partial charge is 0.165 e. The molecule has 0 N–H and O–H groups in total. The van der Waals surface area contributed by atoms with Crippen molar-refractivity contribution >= 4 is 0 Å². The van der Waals surface area contributed by atoms with Crippen molar-refractivity contribution in [1.29, 1.82) is 0 Å². The second-order valence-corrected chi connectivity index (χ2v) is 6.30. The minimum absolute atomic E-state index is 0.698. The number of benzene rings is 1. The Morgan fingerprint density at radius 1 is 1.04 bits per heavy atom. The highest BCUT2D eigenvalue weighted by atomic mass is 15.5. The molecule has 24 heavy (non-hydrogen) atoms. The topological polar surface area (TPSA) is 64.7 Å². The van der Waals surface area contributed by atoms with Crippen molar-refractivity contribution in [2.75, 3.05) is 6.54 Å². The number of hydrogen-bond acceptors (Lipinski definition) is 5. The molecule has 0 bridgehead atoms. The summed E-state index contributed by atoms with van der Waals surface area (Å²) in [6.07, 6.45) is 0.